The highest BCUT2D eigenvalue weighted by Crippen LogP contribution is 2.22. The van der Waals surface area contributed by atoms with E-state index in [1.807, 2.05) is 6.07 Å². The molecule has 0 aromatic carbocycles. The predicted molar refractivity (Wildman–Crippen MR) is 74.4 cm³/mol. The highest BCUT2D eigenvalue weighted by atomic mass is 35.5. The number of carbonyl (C=O) groups excluding carboxylic acids is 1. The maximum absolute atomic E-state index is 12.0. The fraction of sp³-hybridized carbons (Fsp3) is 0.583. The molecule has 3 nitrogen and oxygen atoms in total. The molecule has 1 aromatic rings. The second-order valence-corrected chi connectivity index (χ2v) is 5.37. The van der Waals surface area contributed by atoms with Crippen molar-refractivity contribution in [3.05, 3.63) is 21.4 Å². The summed E-state index contributed by atoms with van der Waals surface area (Å²) in [6.07, 6.45) is 2.05. The monoisotopic (exact) mass is 274 g/mol. The van der Waals surface area contributed by atoms with Gasteiger partial charge in [0.15, 0.2) is 0 Å². The molecule has 2 heterocycles. The molecule has 17 heavy (non-hydrogen) atoms. The Kier molecular flexibility index (Phi) is 5.43. The number of thiophene rings is 1. The molecule has 1 fully saturated rings. The zero-order valence-corrected chi connectivity index (χ0v) is 11.8. The van der Waals surface area contributed by atoms with E-state index < -0.39 is 0 Å². The average molecular weight is 275 g/mol. The number of carbonyl (C=O) groups is 1. The van der Waals surface area contributed by atoms with Crippen molar-refractivity contribution in [2.75, 3.05) is 13.1 Å². The van der Waals surface area contributed by atoms with Gasteiger partial charge in [0.1, 0.15) is 0 Å². The van der Waals surface area contributed by atoms with Crippen LogP contribution in [0.15, 0.2) is 6.07 Å². The molecule has 1 aliphatic rings. The molecule has 1 aromatic heterocycles. The van der Waals surface area contributed by atoms with Crippen LogP contribution in [0.2, 0.25) is 0 Å². The van der Waals surface area contributed by atoms with Gasteiger partial charge in [-0.15, -0.1) is 23.7 Å². The predicted octanol–water partition coefficient (Wildman–Crippen LogP) is 2.13. The summed E-state index contributed by atoms with van der Waals surface area (Å²) in [7, 11) is 0. The number of amides is 1. The van der Waals surface area contributed by atoms with Gasteiger partial charge in [-0.2, -0.15) is 0 Å². The van der Waals surface area contributed by atoms with Crippen LogP contribution in [0, 0.1) is 6.92 Å². The molecule has 0 saturated carbocycles. The maximum atomic E-state index is 12.0. The third-order valence-electron chi connectivity index (χ3n) is 2.96. The van der Waals surface area contributed by atoms with E-state index >= 15 is 0 Å². The van der Waals surface area contributed by atoms with E-state index in [9.17, 15) is 4.79 Å². The van der Waals surface area contributed by atoms with Gasteiger partial charge in [0.25, 0.3) is 5.91 Å². The number of rotatable bonds is 3. The first-order valence-corrected chi connectivity index (χ1v) is 6.63. The quantitative estimate of drug-likeness (QED) is 0.887. The van der Waals surface area contributed by atoms with Gasteiger partial charge in [-0.3, -0.25) is 4.79 Å². The molecule has 2 N–H and O–H groups in total. The van der Waals surface area contributed by atoms with Crippen molar-refractivity contribution in [1.29, 1.82) is 0 Å². The lowest BCUT2D eigenvalue weighted by atomic mass is 10.2. The van der Waals surface area contributed by atoms with Gasteiger partial charge in [-0.1, -0.05) is 6.92 Å². The van der Waals surface area contributed by atoms with Crippen LogP contribution in [0.3, 0.4) is 0 Å². The normalized spacial score (nSPS) is 18.8. The summed E-state index contributed by atoms with van der Waals surface area (Å²) in [4.78, 5) is 14.1. The van der Waals surface area contributed by atoms with E-state index in [0.29, 0.717) is 6.04 Å². The fourth-order valence-corrected chi connectivity index (χ4v) is 3.03. The Morgan fingerprint density at radius 2 is 2.41 bits per heavy atom. The summed E-state index contributed by atoms with van der Waals surface area (Å²) < 4.78 is 0. The van der Waals surface area contributed by atoms with Gasteiger partial charge in [0.2, 0.25) is 0 Å². The van der Waals surface area contributed by atoms with Crippen molar-refractivity contribution in [3.8, 4) is 0 Å². The third-order valence-corrected chi connectivity index (χ3v) is 4.34. The zero-order chi connectivity index (χ0) is 11.5. The largest absolute Gasteiger partial charge is 0.347 e. The first kappa shape index (κ1) is 14.5. The van der Waals surface area contributed by atoms with Gasteiger partial charge in [0, 0.05) is 17.5 Å². The Bertz CT molecular complexity index is 386. The van der Waals surface area contributed by atoms with E-state index in [0.717, 1.165) is 30.8 Å². The van der Waals surface area contributed by atoms with Crippen molar-refractivity contribution in [3.63, 3.8) is 0 Å². The highest BCUT2D eigenvalue weighted by molar-refractivity contribution is 7.14. The van der Waals surface area contributed by atoms with Crippen LogP contribution in [-0.4, -0.2) is 25.0 Å². The van der Waals surface area contributed by atoms with E-state index in [-0.39, 0.29) is 18.3 Å². The van der Waals surface area contributed by atoms with Gasteiger partial charge < -0.3 is 10.6 Å². The SMILES string of the molecule is CCc1sc(C(=O)NC2CCNC2)cc1C.Cl. The molecule has 0 aliphatic carbocycles. The lowest BCUT2D eigenvalue weighted by Crippen LogP contribution is -2.35. The molecule has 0 bridgehead atoms. The number of nitrogens with one attached hydrogen (secondary N) is 2. The molecule has 1 aliphatic heterocycles. The van der Waals surface area contributed by atoms with Gasteiger partial charge in [-0.05, 0) is 37.9 Å². The van der Waals surface area contributed by atoms with Crippen molar-refractivity contribution < 1.29 is 4.79 Å². The molecule has 0 radical (unpaired) electrons. The maximum Gasteiger partial charge on any atom is 0.261 e. The van der Waals surface area contributed by atoms with Gasteiger partial charge in [-0.25, -0.2) is 0 Å². The molecule has 0 spiro atoms. The van der Waals surface area contributed by atoms with Crippen molar-refractivity contribution in [1.82, 2.24) is 10.6 Å². The summed E-state index contributed by atoms with van der Waals surface area (Å²) >= 11 is 1.62. The van der Waals surface area contributed by atoms with Crippen molar-refractivity contribution >= 4 is 29.7 Å². The molecule has 1 unspecified atom stereocenters. The van der Waals surface area contributed by atoms with Crippen LogP contribution < -0.4 is 10.6 Å². The van der Waals surface area contributed by atoms with E-state index in [1.54, 1.807) is 11.3 Å². The fourth-order valence-electron chi connectivity index (χ4n) is 2.02. The first-order chi connectivity index (χ1) is 7.70. The molecule has 1 amide bonds. The van der Waals surface area contributed by atoms with Crippen LogP contribution in [0.4, 0.5) is 0 Å². The van der Waals surface area contributed by atoms with Gasteiger partial charge in [0.05, 0.1) is 4.88 Å². The molecular weight excluding hydrogens is 256 g/mol. The molecule has 1 atom stereocenters. The summed E-state index contributed by atoms with van der Waals surface area (Å²) in [6.45, 7) is 6.11. The minimum atomic E-state index is 0. The Balaban J connectivity index is 0.00000144. The van der Waals surface area contributed by atoms with Crippen molar-refractivity contribution in [2.45, 2.75) is 32.7 Å². The number of hydrogen-bond donors (Lipinski definition) is 2. The third kappa shape index (κ3) is 3.44. The molecular formula is C12H19ClN2OS. The Labute approximate surface area is 112 Å². The zero-order valence-electron chi connectivity index (χ0n) is 10.2. The smallest absolute Gasteiger partial charge is 0.261 e. The second-order valence-electron chi connectivity index (χ2n) is 4.23. The lowest BCUT2D eigenvalue weighted by molar-refractivity contribution is 0.0944. The summed E-state index contributed by atoms with van der Waals surface area (Å²) in [5.41, 5.74) is 1.24. The number of hydrogen-bond acceptors (Lipinski definition) is 3. The Hall–Kier alpha value is -0.580. The standard InChI is InChI=1S/C12H18N2OS.ClH/c1-3-10-8(2)6-11(16-10)12(15)14-9-4-5-13-7-9;/h6,9,13H,3-5,7H2,1-2H3,(H,14,15);1H. The van der Waals surface area contributed by atoms with Crippen LogP contribution >= 0.6 is 23.7 Å². The second kappa shape index (κ2) is 6.38. The molecule has 5 heteroatoms. The van der Waals surface area contributed by atoms with Crippen LogP contribution in [0.1, 0.15) is 33.5 Å². The Morgan fingerprint density at radius 1 is 1.65 bits per heavy atom. The Morgan fingerprint density at radius 3 is 2.94 bits per heavy atom. The molecule has 2 rings (SSSR count). The average Bonchev–Trinajstić information content (AvgIpc) is 2.87. The van der Waals surface area contributed by atoms with Crippen molar-refractivity contribution in [2.24, 2.45) is 0 Å². The minimum Gasteiger partial charge on any atom is -0.347 e. The van der Waals surface area contributed by atoms with Crippen LogP contribution in [0.25, 0.3) is 0 Å². The topological polar surface area (TPSA) is 41.1 Å². The lowest BCUT2D eigenvalue weighted by Gasteiger charge is -2.09. The molecule has 1 saturated heterocycles. The van der Waals surface area contributed by atoms with Gasteiger partial charge >= 0.3 is 0 Å². The number of halogens is 1. The summed E-state index contributed by atoms with van der Waals surface area (Å²) in [5.74, 6) is 0.0847. The summed E-state index contributed by atoms with van der Waals surface area (Å²) in [6, 6.07) is 2.31. The van der Waals surface area contributed by atoms with E-state index in [2.05, 4.69) is 24.5 Å². The number of aryl methyl sites for hydroxylation is 2. The first-order valence-electron chi connectivity index (χ1n) is 5.81. The molecule has 96 valence electrons. The highest BCUT2D eigenvalue weighted by Gasteiger charge is 2.19. The van der Waals surface area contributed by atoms with E-state index in [1.165, 1.54) is 10.4 Å². The minimum absolute atomic E-state index is 0. The van der Waals surface area contributed by atoms with Crippen LogP contribution in [0.5, 0.6) is 0 Å². The van der Waals surface area contributed by atoms with E-state index in [4.69, 9.17) is 0 Å². The summed E-state index contributed by atoms with van der Waals surface area (Å²) in [5, 5.41) is 6.31. The van der Waals surface area contributed by atoms with Crippen LogP contribution in [-0.2, 0) is 6.42 Å².